The van der Waals surface area contributed by atoms with Gasteiger partial charge in [-0.15, -0.1) is 0 Å². The van der Waals surface area contributed by atoms with E-state index in [1.807, 2.05) is 0 Å². The van der Waals surface area contributed by atoms with Crippen molar-refractivity contribution < 1.29 is 13.6 Å². The van der Waals surface area contributed by atoms with Gasteiger partial charge in [-0.1, -0.05) is 145 Å². The van der Waals surface area contributed by atoms with Gasteiger partial charge < -0.3 is 4.42 Å². The summed E-state index contributed by atoms with van der Waals surface area (Å²) in [6, 6.07) is 47.8. The van der Waals surface area contributed by atoms with Crippen molar-refractivity contribution in [2.24, 2.45) is 0 Å². The molecule has 2 aliphatic rings. The first-order chi connectivity index (χ1) is 29.5. The monoisotopic (exact) mass is 813 g/mol. The van der Waals surface area contributed by atoms with E-state index in [9.17, 15) is 0 Å². The first-order valence-electron chi connectivity index (χ1n) is 22.4. The Balaban J connectivity index is 1.25. The topological polar surface area (TPSA) is 25.8 Å². The SMILES string of the molecule is C=C1CC2C(CCc3ccc4c(oc5ccccc54)c3-c3n1c1ccccc1[n+]3-c1cccc3ccccc13)c1cc(C(C)C)ccc1-c1cc(C(C)C)c([Si](C)(C)C)c[n+]12. The molecule has 2 atom stereocenters. The molecule has 5 heterocycles. The molecule has 61 heavy (non-hydrogen) atoms. The number of pyridine rings is 1. The molecule has 5 heteroatoms. The van der Waals surface area contributed by atoms with Gasteiger partial charge in [0.2, 0.25) is 5.69 Å². The molecule has 0 bridgehead atoms. The molecule has 0 radical (unpaired) electrons. The van der Waals surface area contributed by atoms with E-state index in [1.54, 1.807) is 5.19 Å². The van der Waals surface area contributed by atoms with Crippen molar-refractivity contribution in [3.8, 4) is 28.3 Å². The zero-order chi connectivity index (χ0) is 41.9. The lowest BCUT2D eigenvalue weighted by Gasteiger charge is -2.34. The summed E-state index contributed by atoms with van der Waals surface area (Å²) in [6.45, 7) is 22.1. The minimum absolute atomic E-state index is 0.172. The zero-order valence-corrected chi connectivity index (χ0v) is 37.6. The standard InChI is InChI=1S/C56H55N3OSi/c1-34(2)39-26-28-42-46(31-39)41-27-24-38-25-29-44-43-19-11-14-23-52(43)60-55(44)54(38)56-58(36(5)30-50(41)57-33-53(61(6,7)8)45(35(3)4)32-51(42)57)48-20-12-13-21-49(48)59(56)47-22-15-17-37-16-9-10-18-40(37)47/h9-23,25-26,28-29,31-35,41,50H,5,24,27,30H2,1-4,6-8H3/q+2. The Morgan fingerprint density at radius 1 is 0.754 bits per heavy atom. The summed E-state index contributed by atoms with van der Waals surface area (Å²) in [4.78, 5) is 0. The maximum atomic E-state index is 7.06. The highest BCUT2D eigenvalue weighted by Crippen LogP contribution is 2.48. The Morgan fingerprint density at radius 2 is 1.51 bits per heavy atom. The van der Waals surface area contributed by atoms with Crippen molar-refractivity contribution >= 4 is 62.7 Å². The van der Waals surface area contributed by atoms with Gasteiger partial charge in [-0.25, -0.2) is 0 Å². The molecule has 4 nitrogen and oxygen atoms in total. The fourth-order valence-electron chi connectivity index (χ4n) is 10.9. The van der Waals surface area contributed by atoms with Crippen LogP contribution in [0.15, 0.2) is 145 Å². The average Bonchev–Trinajstić information content (AvgIpc) is 3.80. The van der Waals surface area contributed by atoms with Crippen LogP contribution < -0.4 is 14.3 Å². The molecule has 9 aromatic rings. The largest absolute Gasteiger partial charge is 0.455 e. The predicted octanol–water partition coefficient (Wildman–Crippen LogP) is 13.5. The molecule has 0 amide bonds. The molecular weight excluding hydrogens is 759 g/mol. The van der Waals surface area contributed by atoms with E-state index in [1.165, 1.54) is 44.3 Å². The van der Waals surface area contributed by atoms with Gasteiger partial charge in [0.15, 0.2) is 28.9 Å². The van der Waals surface area contributed by atoms with Crippen molar-refractivity contribution in [2.45, 2.75) is 90.4 Å². The van der Waals surface area contributed by atoms with Crippen molar-refractivity contribution in [1.82, 2.24) is 4.57 Å². The maximum Gasteiger partial charge on any atom is 0.304 e. The van der Waals surface area contributed by atoms with Crippen molar-refractivity contribution in [3.63, 3.8) is 0 Å². The van der Waals surface area contributed by atoms with Crippen molar-refractivity contribution in [2.75, 3.05) is 0 Å². The lowest BCUT2D eigenvalue weighted by molar-refractivity contribution is -0.716. The molecule has 0 N–H and O–H groups in total. The second-order valence-corrected chi connectivity index (χ2v) is 24.4. The van der Waals surface area contributed by atoms with Gasteiger partial charge in [-0.05, 0) is 82.6 Å². The Labute approximate surface area is 360 Å². The quantitative estimate of drug-likeness (QED) is 0.128. The molecule has 2 unspecified atom stereocenters. The van der Waals surface area contributed by atoms with Crippen LogP contribution in [0.2, 0.25) is 19.6 Å². The summed E-state index contributed by atoms with van der Waals surface area (Å²) in [5, 5.41) is 6.28. The zero-order valence-electron chi connectivity index (χ0n) is 36.6. The van der Waals surface area contributed by atoms with Crippen molar-refractivity contribution in [1.29, 1.82) is 0 Å². The molecule has 0 spiro atoms. The van der Waals surface area contributed by atoms with Gasteiger partial charge in [0, 0.05) is 38.9 Å². The van der Waals surface area contributed by atoms with Gasteiger partial charge in [0.25, 0.3) is 0 Å². The van der Waals surface area contributed by atoms with Crippen LogP contribution in [0.5, 0.6) is 0 Å². The Bertz CT molecular complexity index is 3260. The second kappa shape index (κ2) is 14.0. The summed E-state index contributed by atoms with van der Waals surface area (Å²) in [7, 11) is -1.73. The van der Waals surface area contributed by atoms with Gasteiger partial charge in [0.05, 0.1) is 14.5 Å². The number of aryl methyl sites for hydroxylation is 1. The maximum absolute atomic E-state index is 7.06. The smallest absolute Gasteiger partial charge is 0.304 e. The summed E-state index contributed by atoms with van der Waals surface area (Å²) in [5.41, 5.74) is 15.9. The summed E-state index contributed by atoms with van der Waals surface area (Å²) in [6.07, 6.45) is 5.30. The van der Waals surface area contributed by atoms with Gasteiger partial charge >= 0.3 is 5.82 Å². The number of hydrogen-bond acceptors (Lipinski definition) is 1. The molecule has 0 saturated heterocycles. The molecule has 0 fully saturated rings. The Morgan fingerprint density at radius 3 is 2.31 bits per heavy atom. The van der Waals surface area contributed by atoms with Crippen LogP contribution in [0.25, 0.3) is 77.8 Å². The normalized spacial score (nSPS) is 16.6. The van der Waals surface area contributed by atoms with Gasteiger partial charge in [-0.3, -0.25) is 0 Å². The Kier molecular flexibility index (Phi) is 8.70. The molecule has 3 aromatic heterocycles. The molecule has 302 valence electrons. The van der Waals surface area contributed by atoms with Crippen LogP contribution in [0.1, 0.15) is 86.6 Å². The lowest BCUT2D eigenvalue weighted by atomic mass is 9.76. The fourth-order valence-corrected chi connectivity index (χ4v) is 12.7. The third kappa shape index (κ3) is 5.84. The number of rotatable bonds is 4. The predicted molar refractivity (Wildman–Crippen MR) is 257 cm³/mol. The second-order valence-electron chi connectivity index (χ2n) is 19.4. The molecule has 2 aliphatic heterocycles. The number of fused-ring (bicyclic) bond motifs is 16. The lowest BCUT2D eigenvalue weighted by Crippen LogP contribution is -2.54. The number of furan rings is 1. The van der Waals surface area contributed by atoms with Gasteiger partial charge in [-0.2, -0.15) is 13.7 Å². The van der Waals surface area contributed by atoms with E-state index in [4.69, 9.17) is 11.0 Å². The highest BCUT2D eigenvalue weighted by Gasteiger charge is 2.45. The van der Waals surface area contributed by atoms with Crippen LogP contribution in [0, 0.1) is 0 Å². The van der Waals surface area contributed by atoms with E-state index >= 15 is 0 Å². The van der Waals surface area contributed by atoms with E-state index in [0.29, 0.717) is 11.8 Å². The minimum Gasteiger partial charge on any atom is -0.455 e. The van der Waals surface area contributed by atoms with E-state index in [-0.39, 0.29) is 12.0 Å². The summed E-state index contributed by atoms with van der Waals surface area (Å²) in [5.74, 6) is 2.25. The van der Waals surface area contributed by atoms with E-state index < -0.39 is 8.07 Å². The number of benzene rings is 6. The number of aromatic nitrogens is 3. The van der Waals surface area contributed by atoms with E-state index in [2.05, 4.69) is 195 Å². The fraction of sp³-hybridized carbons (Fsp3) is 0.250. The highest BCUT2D eigenvalue weighted by atomic mass is 28.3. The minimum atomic E-state index is -1.73. The number of para-hydroxylation sites is 3. The Hall–Kier alpha value is -6.04. The van der Waals surface area contributed by atoms with Crippen LogP contribution in [0.4, 0.5) is 0 Å². The van der Waals surface area contributed by atoms with Gasteiger partial charge in [0.1, 0.15) is 22.5 Å². The third-order valence-corrected chi connectivity index (χ3v) is 16.0. The first kappa shape index (κ1) is 37.9. The van der Waals surface area contributed by atoms with Crippen molar-refractivity contribution in [3.05, 3.63) is 162 Å². The first-order valence-corrected chi connectivity index (χ1v) is 25.9. The number of allylic oxidation sites excluding steroid dienone is 1. The van der Waals surface area contributed by atoms with Crippen LogP contribution >= 0.6 is 0 Å². The number of hydrogen-bond donors (Lipinski definition) is 0. The van der Waals surface area contributed by atoms with E-state index in [0.717, 1.165) is 75.0 Å². The number of nitrogens with zero attached hydrogens (tertiary/aromatic N) is 3. The van der Waals surface area contributed by atoms with Crippen LogP contribution in [0.3, 0.4) is 0 Å². The highest BCUT2D eigenvalue weighted by molar-refractivity contribution is 6.89. The molecule has 11 rings (SSSR count). The molecular formula is C56H55N3OSi+2. The third-order valence-electron chi connectivity index (χ3n) is 14.0. The van der Waals surface area contributed by atoms with Crippen LogP contribution in [-0.4, -0.2) is 12.6 Å². The number of imidazole rings is 1. The molecule has 0 saturated carbocycles. The summed E-state index contributed by atoms with van der Waals surface area (Å²) >= 11 is 0. The van der Waals surface area contributed by atoms with Crippen LogP contribution in [-0.2, 0) is 6.42 Å². The average molecular weight is 814 g/mol. The molecule has 0 aliphatic carbocycles. The molecule has 6 aromatic carbocycles. The summed E-state index contributed by atoms with van der Waals surface area (Å²) < 4.78 is 14.8.